The molecule has 1 aromatic rings. The first-order valence-corrected chi connectivity index (χ1v) is 9.50. The van der Waals surface area contributed by atoms with E-state index in [2.05, 4.69) is 15.9 Å². The van der Waals surface area contributed by atoms with Crippen molar-refractivity contribution in [2.75, 3.05) is 32.8 Å². The molecule has 0 aromatic heterocycles. The first-order valence-electron chi connectivity index (χ1n) is 9.50. The van der Waals surface area contributed by atoms with Crippen molar-refractivity contribution in [1.82, 2.24) is 9.80 Å². The Hall–Kier alpha value is -1.55. The van der Waals surface area contributed by atoms with Crippen LogP contribution >= 0.6 is 0 Å². The Balaban J connectivity index is 1.46. The number of amides is 1. The minimum absolute atomic E-state index is 0.285. The van der Waals surface area contributed by atoms with Gasteiger partial charge in [-0.1, -0.05) is 31.0 Å². The fourth-order valence-electron chi connectivity index (χ4n) is 4.01. The lowest BCUT2D eigenvalue weighted by Crippen LogP contribution is -2.51. The van der Waals surface area contributed by atoms with E-state index in [0.717, 1.165) is 50.0 Å². The summed E-state index contributed by atoms with van der Waals surface area (Å²) in [5.74, 6) is 1.20. The van der Waals surface area contributed by atoms with Gasteiger partial charge in [0.05, 0.1) is 6.61 Å². The highest BCUT2D eigenvalue weighted by molar-refractivity contribution is 5.76. The van der Waals surface area contributed by atoms with Crippen LogP contribution in [0.4, 0.5) is 0 Å². The van der Waals surface area contributed by atoms with Crippen molar-refractivity contribution in [1.29, 1.82) is 0 Å². The standard InChI is InChI=1S/C20H30N2O2/c1-2-24-19-10-6-3-7-17(19)11-12-20(23)22-15-13-21(14-16-22)18-8-4-5-9-18/h3,6-7,10,18H,2,4-5,8-9,11-16H2,1H3. The first kappa shape index (κ1) is 17.3. The van der Waals surface area contributed by atoms with E-state index in [4.69, 9.17) is 4.74 Å². The summed E-state index contributed by atoms with van der Waals surface area (Å²) >= 11 is 0. The number of aryl methyl sites for hydroxylation is 1. The number of carbonyl (C=O) groups excluding carboxylic acids is 1. The molecule has 4 nitrogen and oxygen atoms in total. The van der Waals surface area contributed by atoms with Gasteiger partial charge in [0.2, 0.25) is 5.91 Å². The van der Waals surface area contributed by atoms with Crippen molar-refractivity contribution in [3.05, 3.63) is 29.8 Å². The molecule has 1 saturated carbocycles. The van der Waals surface area contributed by atoms with Crippen LogP contribution in [0, 0.1) is 0 Å². The summed E-state index contributed by atoms with van der Waals surface area (Å²) < 4.78 is 5.65. The SMILES string of the molecule is CCOc1ccccc1CCC(=O)N1CCN(C2CCCC2)CC1. The Morgan fingerprint density at radius 2 is 1.83 bits per heavy atom. The van der Waals surface area contributed by atoms with Crippen LogP contribution in [0.3, 0.4) is 0 Å². The molecule has 0 N–H and O–H groups in total. The molecule has 0 unspecified atom stereocenters. The second-order valence-electron chi connectivity index (χ2n) is 6.90. The molecule has 0 spiro atoms. The highest BCUT2D eigenvalue weighted by Crippen LogP contribution is 2.25. The van der Waals surface area contributed by atoms with E-state index in [1.807, 2.05) is 25.1 Å². The van der Waals surface area contributed by atoms with E-state index in [9.17, 15) is 4.79 Å². The number of nitrogens with zero attached hydrogens (tertiary/aromatic N) is 2. The van der Waals surface area contributed by atoms with Crippen LogP contribution < -0.4 is 4.74 Å². The van der Waals surface area contributed by atoms with Crippen LogP contribution in [0.1, 0.15) is 44.6 Å². The summed E-state index contributed by atoms with van der Waals surface area (Å²) in [7, 11) is 0. The molecule has 4 heteroatoms. The van der Waals surface area contributed by atoms with Gasteiger partial charge < -0.3 is 9.64 Å². The number of para-hydroxylation sites is 1. The van der Waals surface area contributed by atoms with Gasteiger partial charge in [0, 0.05) is 38.6 Å². The molecule has 1 aromatic carbocycles. The molecule has 2 aliphatic rings. The largest absolute Gasteiger partial charge is 0.494 e. The Morgan fingerprint density at radius 1 is 1.12 bits per heavy atom. The van der Waals surface area contributed by atoms with Crippen molar-refractivity contribution in [3.8, 4) is 5.75 Å². The van der Waals surface area contributed by atoms with E-state index in [1.165, 1.54) is 25.7 Å². The summed E-state index contributed by atoms with van der Waals surface area (Å²) in [6.45, 7) is 6.53. The molecule has 0 bridgehead atoms. The molecule has 1 heterocycles. The van der Waals surface area contributed by atoms with E-state index in [1.54, 1.807) is 0 Å². The predicted molar refractivity (Wildman–Crippen MR) is 96.3 cm³/mol. The minimum Gasteiger partial charge on any atom is -0.494 e. The second kappa shape index (κ2) is 8.52. The van der Waals surface area contributed by atoms with Crippen LogP contribution in [0.15, 0.2) is 24.3 Å². The number of hydrogen-bond donors (Lipinski definition) is 0. The molecular formula is C20H30N2O2. The number of ether oxygens (including phenoxy) is 1. The van der Waals surface area contributed by atoms with Gasteiger partial charge in [0.15, 0.2) is 0 Å². The maximum Gasteiger partial charge on any atom is 0.222 e. The predicted octanol–water partition coefficient (Wildman–Crippen LogP) is 3.10. The fraction of sp³-hybridized carbons (Fsp3) is 0.650. The van der Waals surface area contributed by atoms with E-state index < -0.39 is 0 Å². The monoisotopic (exact) mass is 330 g/mol. The average molecular weight is 330 g/mol. The summed E-state index contributed by atoms with van der Waals surface area (Å²) in [6.07, 6.45) is 6.79. The molecule has 2 fully saturated rings. The normalized spacial score (nSPS) is 19.6. The topological polar surface area (TPSA) is 32.8 Å². The van der Waals surface area contributed by atoms with Crippen LogP contribution in [0.5, 0.6) is 5.75 Å². The van der Waals surface area contributed by atoms with Crippen LogP contribution in [-0.2, 0) is 11.2 Å². The van der Waals surface area contributed by atoms with Gasteiger partial charge in [0.25, 0.3) is 0 Å². The third-order valence-corrected chi connectivity index (χ3v) is 5.39. The number of hydrogen-bond acceptors (Lipinski definition) is 3. The zero-order valence-corrected chi connectivity index (χ0v) is 14.9. The van der Waals surface area contributed by atoms with Crippen LogP contribution in [-0.4, -0.2) is 54.5 Å². The van der Waals surface area contributed by atoms with Gasteiger partial charge in [-0.15, -0.1) is 0 Å². The van der Waals surface area contributed by atoms with Gasteiger partial charge in [-0.2, -0.15) is 0 Å². The van der Waals surface area contributed by atoms with Crippen LogP contribution in [0.25, 0.3) is 0 Å². The highest BCUT2D eigenvalue weighted by Gasteiger charge is 2.27. The van der Waals surface area contributed by atoms with E-state index in [0.29, 0.717) is 13.0 Å². The van der Waals surface area contributed by atoms with Gasteiger partial charge in [-0.25, -0.2) is 0 Å². The maximum absolute atomic E-state index is 12.5. The number of carbonyl (C=O) groups is 1. The Bertz CT molecular complexity index is 532. The molecule has 0 atom stereocenters. The average Bonchev–Trinajstić information content (AvgIpc) is 3.16. The fourth-order valence-corrected chi connectivity index (χ4v) is 4.01. The lowest BCUT2D eigenvalue weighted by Gasteiger charge is -2.38. The second-order valence-corrected chi connectivity index (χ2v) is 6.90. The van der Waals surface area contributed by atoms with E-state index in [-0.39, 0.29) is 5.91 Å². The number of rotatable bonds is 6. The summed E-state index contributed by atoms with van der Waals surface area (Å²) in [6, 6.07) is 8.83. The first-order chi connectivity index (χ1) is 11.8. The molecule has 24 heavy (non-hydrogen) atoms. The third kappa shape index (κ3) is 4.29. The summed E-state index contributed by atoms with van der Waals surface area (Å²) in [5.41, 5.74) is 1.14. The third-order valence-electron chi connectivity index (χ3n) is 5.39. The van der Waals surface area contributed by atoms with Gasteiger partial charge in [-0.05, 0) is 37.8 Å². The lowest BCUT2D eigenvalue weighted by molar-refractivity contribution is -0.133. The zero-order valence-electron chi connectivity index (χ0n) is 14.9. The number of piperazine rings is 1. The molecule has 1 saturated heterocycles. The Morgan fingerprint density at radius 3 is 2.54 bits per heavy atom. The summed E-state index contributed by atoms with van der Waals surface area (Å²) in [5, 5.41) is 0. The quantitative estimate of drug-likeness (QED) is 0.803. The van der Waals surface area contributed by atoms with E-state index >= 15 is 0 Å². The van der Waals surface area contributed by atoms with Gasteiger partial charge >= 0.3 is 0 Å². The smallest absolute Gasteiger partial charge is 0.222 e. The maximum atomic E-state index is 12.5. The zero-order chi connectivity index (χ0) is 16.8. The molecule has 3 rings (SSSR count). The van der Waals surface area contributed by atoms with Gasteiger partial charge in [0.1, 0.15) is 5.75 Å². The molecule has 1 aliphatic carbocycles. The number of benzene rings is 1. The minimum atomic E-state index is 0.285. The molecule has 1 aliphatic heterocycles. The van der Waals surface area contributed by atoms with Crippen molar-refractivity contribution >= 4 is 5.91 Å². The van der Waals surface area contributed by atoms with Crippen molar-refractivity contribution < 1.29 is 9.53 Å². The molecule has 1 amide bonds. The van der Waals surface area contributed by atoms with Crippen molar-refractivity contribution in [3.63, 3.8) is 0 Å². The Labute approximate surface area is 145 Å². The molecule has 132 valence electrons. The van der Waals surface area contributed by atoms with Gasteiger partial charge in [-0.3, -0.25) is 9.69 Å². The van der Waals surface area contributed by atoms with Crippen molar-refractivity contribution in [2.45, 2.75) is 51.5 Å². The summed E-state index contributed by atoms with van der Waals surface area (Å²) in [4.78, 5) is 17.2. The molecule has 0 radical (unpaired) electrons. The van der Waals surface area contributed by atoms with Crippen molar-refractivity contribution in [2.24, 2.45) is 0 Å². The molecular weight excluding hydrogens is 300 g/mol. The highest BCUT2D eigenvalue weighted by atomic mass is 16.5. The lowest BCUT2D eigenvalue weighted by atomic mass is 10.1. The Kier molecular flexibility index (Phi) is 6.13. The van der Waals surface area contributed by atoms with Crippen LogP contribution in [0.2, 0.25) is 0 Å².